The van der Waals surface area contributed by atoms with Crippen LogP contribution >= 0.6 is 15.9 Å². The van der Waals surface area contributed by atoms with Gasteiger partial charge >= 0.3 is 0 Å². The van der Waals surface area contributed by atoms with E-state index in [0.29, 0.717) is 19.7 Å². The van der Waals surface area contributed by atoms with Crippen LogP contribution in [0, 0.1) is 0 Å². The second-order valence-electron chi connectivity index (χ2n) is 3.30. The van der Waals surface area contributed by atoms with Crippen molar-refractivity contribution in [3.8, 4) is 0 Å². The lowest BCUT2D eigenvalue weighted by atomic mass is 10.1. The number of hydrogen-bond acceptors (Lipinski definition) is 3. The van der Waals surface area contributed by atoms with E-state index in [1.54, 1.807) is 0 Å². The molecule has 1 heterocycles. The van der Waals surface area contributed by atoms with E-state index in [1.165, 1.54) is 4.31 Å². The zero-order chi connectivity index (χ0) is 10.6. The van der Waals surface area contributed by atoms with Gasteiger partial charge in [-0.05, 0) is 19.8 Å². The number of nitrogens with zero attached hydrogens (tertiary/aromatic N) is 1. The molecule has 0 bridgehead atoms. The van der Waals surface area contributed by atoms with Crippen LogP contribution in [0.1, 0.15) is 19.8 Å². The second-order valence-corrected chi connectivity index (χ2v) is 6.57. The predicted molar refractivity (Wildman–Crippen MR) is 58.9 cm³/mol. The maximum absolute atomic E-state index is 11.5. The van der Waals surface area contributed by atoms with Crippen molar-refractivity contribution in [2.45, 2.75) is 25.9 Å². The number of hydrogen-bond donors (Lipinski definition) is 0. The van der Waals surface area contributed by atoms with Gasteiger partial charge in [0.2, 0.25) is 10.0 Å². The summed E-state index contributed by atoms with van der Waals surface area (Å²) in [4.78, 5) is 0. The number of rotatable bonds is 4. The molecule has 84 valence electrons. The van der Waals surface area contributed by atoms with Gasteiger partial charge in [0.1, 0.15) is 4.66 Å². The number of piperidine rings is 1. The van der Waals surface area contributed by atoms with Crippen LogP contribution in [0.3, 0.4) is 0 Å². The second kappa shape index (κ2) is 5.44. The minimum Gasteiger partial charge on any atom is -0.377 e. The third kappa shape index (κ3) is 3.18. The van der Waals surface area contributed by atoms with Gasteiger partial charge in [-0.2, -0.15) is 4.31 Å². The lowest BCUT2D eigenvalue weighted by Crippen LogP contribution is -2.43. The molecule has 0 spiro atoms. The van der Waals surface area contributed by atoms with E-state index in [9.17, 15) is 8.42 Å². The quantitative estimate of drug-likeness (QED) is 0.729. The Labute approximate surface area is 93.8 Å². The molecule has 1 unspecified atom stereocenters. The van der Waals surface area contributed by atoms with Crippen LogP contribution in [0.5, 0.6) is 0 Å². The lowest BCUT2D eigenvalue weighted by molar-refractivity contribution is 0.0266. The van der Waals surface area contributed by atoms with Gasteiger partial charge in [0, 0.05) is 19.7 Å². The first-order chi connectivity index (χ1) is 6.60. The topological polar surface area (TPSA) is 46.6 Å². The monoisotopic (exact) mass is 285 g/mol. The predicted octanol–water partition coefficient (Wildman–Crippen LogP) is 1.17. The van der Waals surface area contributed by atoms with Crippen LogP contribution in [-0.4, -0.2) is 43.2 Å². The van der Waals surface area contributed by atoms with E-state index in [0.717, 1.165) is 12.8 Å². The smallest absolute Gasteiger partial charge is 0.224 e. The van der Waals surface area contributed by atoms with Gasteiger partial charge in [0.05, 0.1) is 6.10 Å². The summed E-state index contributed by atoms with van der Waals surface area (Å²) in [6, 6.07) is 0. The SMILES string of the molecule is CCOC1CCCN(S(=O)(=O)CBr)C1. The largest absolute Gasteiger partial charge is 0.377 e. The zero-order valence-electron chi connectivity index (χ0n) is 8.28. The highest BCUT2D eigenvalue weighted by molar-refractivity contribution is 9.10. The van der Waals surface area contributed by atoms with Crippen molar-refractivity contribution in [3.63, 3.8) is 0 Å². The molecule has 0 aromatic carbocycles. The molecule has 1 aliphatic heterocycles. The lowest BCUT2D eigenvalue weighted by Gasteiger charge is -2.31. The van der Waals surface area contributed by atoms with Crippen LogP contribution in [0.4, 0.5) is 0 Å². The van der Waals surface area contributed by atoms with Gasteiger partial charge in [-0.1, -0.05) is 15.9 Å². The van der Waals surface area contributed by atoms with Gasteiger partial charge in [0.15, 0.2) is 0 Å². The zero-order valence-corrected chi connectivity index (χ0v) is 10.7. The van der Waals surface area contributed by atoms with Crippen molar-refractivity contribution in [1.82, 2.24) is 4.31 Å². The van der Waals surface area contributed by atoms with Gasteiger partial charge in [-0.25, -0.2) is 8.42 Å². The number of halogens is 1. The molecule has 0 aromatic heterocycles. The van der Waals surface area contributed by atoms with E-state index in [1.807, 2.05) is 6.92 Å². The molecule has 0 saturated carbocycles. The molecule has 6 heteroatoms. The van der Waals surface area contributed by atoms with E-state index in [-0.39, 0.29) is 10.8 Å². The third-order valence-corrected chi connectivity index (χ3v) is 5.40. The Bertz CT molecular complexity index is 266. The first-order valence-corrected chi connectivity index (χ1v) is 7.48. The van der Waals surface area contributed by atoms with Crippen molar-refractivity contribution >= 4 is 26.0 Å². The van der Waals surface area contributed by atoms with Gasteiger partial charge in [-0.15, -0.1) is 0 Å². The summed E-state index contributed by atoms with van der Waals surface area (Å²) in [6.45, 7) is 3.70. The average Bonchev–Trinajstić information content (AvgIpc) is 2.19. The van der Waals surface area contributed by atoms with E-state index < -0.39 is 10.0 Å². The molecule has 1 saturated heterocycles. The molecule has 1 fully saturated rings. The standard InChI is InChI=1S/C8H16BrNO3S/c1-2-13-8-4-3-5-10(6-8)14(11,12)7-9/h8H,2-7H2,1H3. The first-order valence-electron chi connectivity index (χ1n) is 4.75. The van der Waals surface area contributed by atoms with Crippen molar-refractivity contribution in [2.24, 2.45) is 0 Å². The molecule has 1 aliphatic rings. The van der Waals surface area contributed by atoms with Crippen molar-refractivity contribution in [3.05, 3.63) is 0 Å². The molecular formula is C8H16BrNO3S. The summed E-state index contributed by atoms with van der Waals surface area (Å²) < 4.78 is 30.0. The normalized spacial score (nSPS) is 25.1. The Hall–Kier alpha value is 0.350. The molecule has 14 heavy (non-hydrogen) atoms. The van der Waals surface area contributed by atoms with Gasteiger partial charge in [-0.3, -0.25) is 0 Å². The van der Waals surface area contributed by atoms with Crippen LogP contribution in [0.25, 0.3) is 0 Å². The molecule has 1 rings (SSSR count). The minimum absolute atomic E-state index is 0.00115. The molecule has 0 amide bonds. The molecule has 0 radical (unpaired) electrons. The molecule has 4 nitrogen and oxygen atoms in total. The third-order valence-electron chi connectivity index (χ3n) is 2.27. The average molecular weight is 286 g/mol. The molecule has 0 N–H and O–H groups in total. The van der Waals surface area contributed by atoms with Crippen LogP contribution < -0.4 is 0 Å². The van der Waals surface area contributed by atoms with Gasteiger partial charge in [0.25, 0.3) is 0 Å². The van der Waals surface area contributed by atoms with E-state index >= 15 is 0 Å². The molecule has 1 atom stereocenters. The fourth-order valence-electron chi connectivity index (χ4n) is 1.60. The van der Waals surface area contributed by atoms with Crippen LogP contribution in [-0.2, 0) is 14.8 Å². The van der Waals surface area contributed by atoms with Crippen molar-refractivity contribution in [2.75, 3.05) is 24.4 Å². The van der Waals surface area contributed by atoms with Gasteiger partial charge < -0.3 is 4.74 Å². The first kappa shape index (κ1) is 12.4. The Morgan fingerprint density at radius 1 is 1.57 bits per heavy atom. The van der Waals surface area contributed by atoms with E-state index in [2.05, 4.69) is 15.9 Å². The summed E-state index contributed by atoms with van der Waals surface area (Å²) >= 11 is 2.99. The molecular weight excluding hydrogens is 270 g/mol. The van der Waals surface area contributed by atoms with Crippen molar-refractivity contribution in [1.29, 1.82) is 0 Å². The maximum Gasteiger partial charge on any atom is 0.224 e. The van der Waals surface area contributed by atoms with Crippen LogP contribution in [0.2, 0.25) is 0 Å². The Morgan fingerprint density at radius 2 is 2.29 bits per heavy atom. The Kier molecular flexibility index (Phi) is 4.82. The summed E-state index contributed by atoms with van der Waals surface area (Å²) in [5.74, 6) is 0. The number of alkyl halides is 1. The highest BCUT2D eigenvalue weighted by atomic mass is 79.9. The summed E-state index contributed by atoms with van der Waals surface area (Å²) in [7, 11) is -3.10. The Balaban J connectivity index is 2.56. The summed E-state index contributed by atoms with van der Waals surface area (Å²) in [5.41, 5.74) is 0. The fourth-order valence-corrected chi connectivity index (χ4v) is 3.41. The molecule has 0 aromatic rings. The number of sulfonamides is 1. The fraction of sp³-hybridized carbons (Fsp3) is 1.00. The van der Waals surface area contributed by atoms with E-state index in [4.69, 9.17) is 4.74 Å². The number of ether oxygens (including phenoxy) is 1. The maximum atomic E-state index is 11.5. The minimum atomic E-state index is -3.10. The van der Waals surface area contributed by atoms with Crippen LogP contribution in [0.15, 0.2) is 0 Å². The summed E-state index contributed by atoms with van der Waals surface area (Å²) in [6.07, 6.45) is 1.92. The Morgan fingerprint density at radius 3 is 2.86 bits per heavy atom. The summed E-state index contributed by atoms with van der Waals surface area (Å²) in [5, 5.41) is 0. The molecule has 0 aliphatic carbocycles. The highest BCUT2D eigenvalue weighted by Crippen LogP contribution is 2.17. The van der Waals surface area contributed by atoms with Crippen molar-refractivity contribution < 1.29 is 13.2 Å². The highest BCUT2D eigenvalue weighted by Gasteiger charge is 2.27.